The molecule has 2 aromatic rings. The molecule has 0 amide bonds. The third kappa shape index (κ3) is 2.92. The number of aliphatic hydroxyl groups excluding tert-OH is 1. The highest BCUT2D eigenvalue weighted by molar-refractivity contribution is 7.90. The lowest BCUT2D eigenvalue weighted by Crippen LogP contribution is -2.21. The summed E-state index contributed by atoms with van der Waals surface area (Å²) in [6.45, 7) is 0.413. The van der Waals surface area contributed by atoms with Crippen LogP contribution < -0.4 is 4.90 Å². The predicted molar refractivity (Wildman–Crippen MR) is 80.6 cm³/mol. The molecule has 0 spiro atoms. The van der Waals surface area contributed by atoms with Crippen molar-refractivity contribution < 1.29 is 13.5 Å². The van der Waals surface area contributed by atoms with Gasteiger partial charge in [-0.1, -0.05) is 24.3 Å². The molecule has 0 saturated carbocycles. The van der Waals surface area contributed by atoms with Crippen LogP contribution in [0.4, 0.5) is 5.69 Å². The van der Waals surface area contributed by atoms with Gasteiger partial charge in [0, 0.05) is 39.5 Å². The van der Waals surface area contributed by atoms with Gasteiger partial charge < -0.3 is 10.0 Å². The Kier molecular flexibility index (Phi) is 4.32. The van der Waals surface area contributed by atoms with Crippen LogP contribution in [-0.4, -0.2) is 33.7 Å². The van der Waals surface area contributed by atoms with Crippen LogP contribution in [-0.2, 0) is 10.0 Å². The second kappa shape index (κ2) is 6.01. The summed E-state index contributed by atoms with van der Waals surface area (Å²) in [5.74, 6) is 0. The molecule has 0 aliphatic carbocycles. The molecule has 0 heterocycles. The lowest BCUT2D eigenvalue weighted by atomic mass is 10.1. The van der Waals surface area contributed by atoms with Crippen molar-refractivity contribution in [3.63, 3.8) is 0 Å². The number of rotatable bonds is 5. The Balaban J connectivity index is 2.73. The van der Waals surface area contributed by atoms with Gasteiger partial charge in [0.2, 0.25) is 0 Å². The first-order valence-electron chi connectivity index (χ1n) is 6.16. The summed E-state index contributed by atoms with van der Waals surface area (Å²) in [5.41, 5.74) is 9.18. The Labute approximate surface area is 122 Å². The maximum atomic E-state index is 12.0. The van der Waals surface area contributed by atoms with Crippen LogP contribution in [0.3, 0.4) is 0 Å². The molecule has 8 heteroatoms. The fourth-order valence-electron chi connectivity index (χ4n) is 2.18. The predicted octanol–water partition coefficient (Wildman–Crippen LogP) is 2.27. The Bertz CT molecular complexity index is 813. The van der Waals surface area contributed by atoms with Crippen LogP contribution in [0.2, 0.25) is 0 Å². The van der Waals surface area contributed by atoms with Gasteiger partial charge in [-0.2, -0.15) is 0 Å². The normalized spacial score (nSPS) is 11.1. The molecule has 0 aliphatic heterocycles. The number of aliphatic hydroxyl groups is 1. The number of hydrogen-bond donors (Lipinski definition) is 1. The molecule has 1 N–H and O–H groups in total. The summed E-state index contributed by atoms with van der Waals surface area (Å²) in [6, 6.07) is 10.0. The second-order valence-electron chi connectivity index (χ2n) is 4.42. The van der Waals surface area contributed by atoms with Gasteiger partial charge in [0.15, 0.2) is 0 Å². The number of hydrogen-bond acceptors (Lipinski definition) is 4. The standard InChI is InChI=1S/C13H14N4O3S/c1-17(8-9-18)12-6-2-5-11-10(12)4-3-7-13(11)21(19,20)16-15-14/h2-7,18H,8-9H2,1H3. The topological polar surface area (TPSA) is 106 Å². The maximum Gasteiger partial charge on any atom is 0.264 e. The van der Waals surface area contributed by atoms with Crippen molar-refractivity contribution in [1.82, 2.24) is 0 Å². The molecule has 0 saturated heterocycles. The van der Waals surface area contributed by atoms with E-state index in [1.54, 1.807) is 31.3 Å². The van der Waals surface area contributed by atoms with Crippen molar-refractivity contribution in [2.24, 2.45) is 4.52 Å². The van der Waals surface area contributed by atoms with Crippen LogP contribution in [0.1, 0.15) is 0 Å². The average molecular weight is 306 g/mol. The molecule has 0 bridgehead atoms. The van der Waals surface area contributed by atoms with Gasteiger partial charge in [0.1, 0.15) is 0 Å². The van der Waals surface area contributed by atoms with Gasteiger partial charge in [0.25, 0.3) is 10.0 Å². The molecule has 0 fully saturated rings. The molecule has 21 heavy (non-hydrogen) atoms. The fourth-order valence-corrected chi connectivity index (χ4v) is 3.08. The van der Waals surface area contributed by atoms with Crippen LogP contribution in [0.15, 0.2) is 45.8 Å². The summed E-state index contributed by atoms with van der Waals surface area (Å²) >= 11 is 0. The lowest BCUT2D eigenvalue weighted by Gasteiger charge is -2.20. The van der Waals surface area contributed by atoms with Crippen molar-refractivity contribution in [2.45, 2.75) is 4.90 Å². The summed E-state index contributed by atoms with van der Waals surface area (Å²) in [5, 5.41) is 10.2. The first-order chi connectivity index (χ1) is 10.0. The number of anilines is 1. The highest BCUT2D eigenvalue weighted by Crippen LogP contribution is 2.31. The van der Waals surface area contributed by atoms with E-state index in [0.29, 0.717) is 17.3 Å². The molecule has 7 nitrogen and oxygen atoms in total. The van der Waals surface area contributed by atoms with Crippen molar-refractivity contribution in [1.29, 1.82) is 0 Å². The van der Waals surface area contributed by atoms with E-state index in [1.807, 2.05) is 11.0 Å². The van der Waals surface area contributed by atoms with Crippen molar-refractivity contribution >= 4 is 26.5 Å². The van der Waals surface area contributed by atoms with Gasteiger partial charge >= 0.3 is 0 Å². The molecule has 0 unspecified atom stereocenters. The van der Waals surface area contributed by atoms with Crippen LogP contribution in [0.5, 0.6) is 0 Å². The van der Waals surface area contributed by atoms with Gasteiger partial charge in [-0.05, 0) is 17.7 Å². The highest BCUT2D eigenvalue weighted by Gasteiger charge is 2.17. The molecule has 2 rings (SSSR count). The van der Waals surface area contributed by atoms with E-state index in [1.165, 1.54) is 6.07 Å². The number of nitrogens with zero attached hydrogens (tertiary/aromatic N) is 4. The van der Waals surface area contributed by atoms with Crippen molar-refractivity contribution in [3.8, 4) is 0 Å². The zero-order chi connectivity index (χ0) is 15.5. The number of fused-ring (bicyclic) bond motifs is 1. The molecule has 2 aromatic carbocycles. The number of likely N-dealkylation sites (N-methyl/N-ethyl adjacent to an activating group) is 1. The Morgan fingerprint density at radius 1 is 1.24 bits per heavy atom. The monoisotopic (exact) mass is 306 g/mol. The molecule has 110 valence electrons. The SMILES string of the molecule is CN(CCO)c1cccc2c(S(=O)(=O)N=[N+]=[N-])cccc12. The third-order valence-electron chi connectivity index (χ3n) is 3.13. The minimum atomic E-state index is -4.05. The first-order valence-corrected chi connectivity index (χ1v) is 7.60. The molecule has 0 atom stereocenters. The number of benzene rings is 2. The van der Waals surface area contributed by atoms with Crippen LogP contribution in [0.25, 0.3) is 21.2 Å². The maximum absolute atomic E-state index is 12.0. The van der Waals surface area contributed by atoms with E-state index >= 15 is 0 Å². The smallest absolute Gasteiger partial charge is 0.264 e. The second-order valence-corrected chi connectivity index (χ2v) is 5.97. The minimum Gasteiger partial charge on any atom is -0.395 e. The molecule has 0 aliphatic rings. The zero-order valence-electron chi connectivity index (χ0n) is 11.3. The number of azide groups is 1. The molecule has 0 aromatic heterocycles. The van der Waals surface area contributed by atoms with Gasteiger partial charge in [0.05, 0.1) is 11.5 Å². The summed E-state index contributed by atoms with van der Waals surface area (Å²) in [7, 11) is -2.25. The van der Waals surface area contributed by atoms with Gasteiger partial charge in [-0.25, -0.2) is 8.42 Å². The number of sulfonamides is 1. The summed E-state index contributed by atoms with van der Waals surface area (Å²) in [6.07, 6.45) is 0. The van der Waals surface area contributed by atoms with E-state index in [2.05, 4.69) is 9.43 Å². The van der Waals surface area contributed by atoms with E-state index in [9.17, 15) is 8.42 Å². The first kappa shape index (κ1) is 15.1. The zero-order valence-corrected chi connectivity index (χ0v) is 12.2. The van der Waals surface area contributed by atoms with Crippen LogP contribution >= 0.6 is 0 Å². The van der Waals surface area contributed by atoms with Gasteiger partial charge in [-0.15, -0.1) is 0 Å². The lowest BCUT2D eigenvalue weighted by molar-refractivity contribution is 0.304. The van der Waals surface area contributed by atoms with E-state index in [4.69, 9.17) is 10.6 Å². The molecule has 0 radical (unpaired) electrons. The largest absolute Gasteiger partial charge is 0.395 e. The minimum absolute atomic E-state index is 0.0103. The summed E-state index contributed by atoms with van der Waals surface area (Å²) in [4.78, 5) is 4.17. The Hall–Kier alpha value is -2.28. The Morgan fingerprint density at radius 3 is 2.57 bits per heavy atom. The van der Waals surface area contributed by atoms with E-state index < -0.39 is 10.0 Å². The molecular formula is C13H14N4O3S. The van der Waals surface area contributed by atoms with Gasteiger partial charge in [-0.3, -0.25) is 0 Å². The quantitative estimate of drug-likeness (QED) is 0.519. The highest BCUT2D eigenvalue weighted by atomic mass is 32.2. The molecular weight excluding hydrogens is 292 g/mol. The average Bonchev–Trinajstić information content (AvgIpc) is 2.46. The fraction of sp³-hybridized carbons (Fsp3) is 0.231. The van der Waals surface area contributed by atoms with E-state index in [0.717, 1.165) is 5.69 Å². The Morgan fingerprint density at radius 2 is 1.90 bits per heavy atom. The van der Waals surface area contributed by atoms with Crippen molar-refractivity contribution in [3.05, 3.63) is 46.8 Å². The van der Waals surface area contributed by atoms with Crippen molar-refractivity contribution in [2.75, 3.05) is 25.1 Å². The van der Waals surface area contributed by atoms with E-state index in [-0.39, 0.29) is 11.5 Å². The van der Waals surface area contributed by atoms with Crippen LogP contribution in [0, 0.1) is 0 Å². The summed E-state index contributed by atoms with van der Waals surface area (Å²) < 4.78 is 26.8. The third-order valence-corrected chi connectivity index (χ3v) is 4.33.